The second kappa shape index (κ2) is 4.84. The van der Waals surface area contributed by atoms with Crippen LogP contribution in [0.2, 0.25) is 0 Å². The molecule has 0 saturated carbocycles. The third-order valence-corrected chi connectivity index (χ3v) is 2.70. The normalized spacial score (nSPS) is 20.4. The van der Waals surface area contributed by atoms with Gasteiger partial charge in [-0.05, 0) is 12.5 Å². The van der Waals surface area contributed by atoms with Gasteiger partial charge in [-0.2, -0.15) is 0 Å². The minimum absolute atomic E-state index is 0.0462. The van der Waals surface area contributed by atoms with Gasteiger partial charge in [0.2, 0.25) is 0 Å². The van der Waals surface area contributed by atoms with Gasteiger partial charge in [-0.25, -0.2) is 4.79 Å². The third kappa shape index (κ3) is 2.08. The number of carbonyl (C=O) groups is 1. The van der Waals surface area contributed by atoms with Crippen LogP contribution in [0.25, 0.3) is 0 Å². The van der Waals surface area contributed by atoms with E-state index in [1.165, 1.54) is 0 Å². The van der Waals surface area contributed by atoms with E-state index in [1.807, 2.05) is 49.4 Å². The Kier molecular flexibility index (Phi) is 3.25. The van der Waals surface area contributed by atoms with Crippen LogP contribution in [0.5, 0.6) is 0 Å². The summed E-state index contributed by atoms with van der Waals surface area (Å²) in [5, 5.41) is 0. The Labute approximate surface area is 95.3 Å². The van der Waals surface area contributed by atoms with Crippen LogP contribution in [0.15, 0.2) is 42.5 Å². The fourth-order valence-electron chi connectivity index (χ4n) is 1.82. The molecule has 1 aromatic carbocycles. The van der Waals surface area contributed by atoms with E-state index in [2.05, 4.69) is 0 Å². The van der Waals surface area contributed by atoms with Crippen LogP contribution in [-0.4, -0.2) is 24.1 Å². The van der Waals surface area contributed by atoms with Crippen molar-refractivity contribution in [1.82, 2.24) is 4.90 Å². The number of rotatable bonds is 3. The average Bonchev–Trinajstić information content (AvgIpc) is 2.69. The third-order valence-electron chi connectivity index (χ3n) is 2.70. The van der Waals surface area contributed by atoms with Crippen molar-refractivity contribution >= 4 is 6.09 Å². The first kappa shape index (κ1) is 10.7. The lowest BCUT2D eigenvalue weighted by atomic mass is 10.1. The fourth-order valence-corrected chi connectivity index (χ4v) is 1.82. The average molecular weight is 217 g/mol. The van der Waals surface area contributed by atoms with E-state index < -0.39 is 0 Å². The first-order valence-corrected chi connectivity index (χ1v) is 5.42. The topological polar surface area (TPSA) is 29.5 Å². The Hall–Kier alpha value is -1.77. The van der Waals surface area contributed by atoms with Crippen molar-refractivity contribution in [2.24, 2.45) is 0 Å². The predicted octanol–water partition coefficient (Wildman–Crippen LogP) is 2.76. The fraction of sp³-hybridized carbons (Fsp3) is 0.308. The molecule has 1 aliphatic rings. The van der Waals surface area contributed by atoms with Crippen LogP contribution in [0.1, 0.15) is 18.5 Å². The second-order valence-electron chi connectivity index (χ2n) is 3.72. The lowest BCUT2D eigenvalue weighted by Crippen LogP contribution is -2.27. The maximum Gasteiger partial charge on any atom is 0.410 e. The quantitative estimate of drug-likeness (QED) is 0.728. The van der Waals surface area contributed by atoms with E-state index in [4.69, 9.17) is 4.74 Å². The molecule has 1 fully saturated rings. The number of allylic oxidation sites excluding steroid dienone is 1. The van der Waals surface area contributed by atoms with Gasteiger partial charge in [0.05, 0.1) is 6.04 Å². The van der Waals surface area contributed by atoms with Gasteiger partial charge in [0.25, 0.3) is 0 Å². The molecule has 0 spiro atoms. The van der Waals surface area contributed by atoms with Crippen molar-refractivity contribution in [3.63, 3.8) is 0 Å². The first-order chi connectivity index (χ1) is 7.83. The minimum Gasteiger partial charge on any atom is -0.447 e. The number of ether oxygens (including phenoxy) is 1. The van der Waals surface area contributed by atoms with Crippen molar-refractivity contribution < 1.29 is 9.53 Å². The minimum atomic E-state index is -0.230. The van der Waals surface area contributed by atoms with E-state index in [9.17, 15) is 4.79 Å². The number of amides is 1. The number of hydrogen-bond acceptors (Lipinski definition) is 2. The highest BCUT2D eigenvalue weighted by Crippen LogP contribution is 2.26. The predicted molar refractivity (Wildman–Crippen MR) is 62.1 cm³/mol. The van der Waals surface area contributed by atoms with Gasteiger partial charge < -0.3 is 4.74 Å². The first-order valence-electron chi connectivity index (χ1n) is 5.42. The summed E-state index contributed by atoms with van der Waals surface area (Å²) in [6.07, 6.45) is 3.67. The van der Waals surface area contributed by atoms with E-state index in [0.717, 1.165) is 5.56 Å². The Morgan fingerprint density at radius 2 is 2.19 bits per heavy atom. The molecule has 1 heterocycles. The van der Waals surface area contributed by atoms with E-state index in [-0.39, 0.29) is 12.1 Å². The molecule has 0 unspecified atom stereocenters. The molecule has 0 radical (unpaired) electrons. The molecular weight excluding hydrogens is 202 g/mol. The van der Waals surface area contributed by atoms with Gasteiger partial charge in [-0.3, -0.25) is 4.90 Å². The van der Waals surface area contributed by atoms with Crippen molar-refractivity contribution in [1.29, 1.82) is 0 Å². The summed E-state index contributed by atoms with van der Waals surface area (Å²) in [5.74, 6) is 0. The maximum absolute atomic E-state index is 11.5. The summed E-state index contributed by atoms with van der Waals surface area (Å²) in [5.41, 5.74) is 1.12. The number of carbonyl (C=O) groups excluding carboxylic acids is 1. The molecule has 0 aliphatic carbocycles. The molecule has 3 heteroatoms. The molecule has 1 aromatic rings. The number of nitrogens with zero attached hydrogens (tertiary/aromatic N) is 1. The van der Waals surface area contributed by atoms with Gasteiger partial charge in [-0.1, -0.05) is 42.5 Å². The largest absolute Gasteiger partial charge is 0.447 e. The monoisotopic (exact) mass is 217 g/mol. The molecule has 16 heavy (non-hydrogen) atoms. The van der Waals surface area contributed by atoms with Gasteiger partial charge in [-0.15, -0.1) is 0 Å². The summed E-state index contributed by atoms with van der Waals surface area (Å²) in [6.45, 7) is 2.99. The van der Waals surface area contributed by atoms with Crippen LogP contribution in [-0.2, 0) is 4.74 Å². The molecule has 1 saturated heterocycles. The Morgan fingerprint density at radius 1 is 1.44 bits per heavy atom. The van der Waals surface area contributed by atoms with Gasteiger partial charge >= 0.3 is 6.09 Å². The molecule has 1 atom stereocenters. The van der Waals surface area contributed by atoms with E-state index >= 15 is 0 Å². The smallest absolute Gasteiger partial charge is 0.410 e. The molecule has 1 amide bonds. The molecule has 84 valence electrons. The highest BCUT2D eigenvalue weighted by atomic mass is 16.6. The Morgan fingerprint density at radius 3 is 2.88 bits per heavy atom. The maximum atomic E-state index is 11.5. The standard InChI is InChI=1S/C13H15NO2/c1-2-3-9-14-12(10-16-13(14)15)11-7-5-4-6-8-11/h2-8,12H,9-10H2,1H3/b3-2+/t12-/m0/s1. The van der Waals surface area contributed by atoms with Gasteiger partial charge in [0.1, 0.15) is 6.61 Å². The molecule has 3 nitrogen and oxygen atoms in total. The SMILES string of the molecule is C/C=C/CN1C(=O)OC[C@H]1c1ccccc1. The van der Waals surface area contributed by atoms with Crippen molar-refractivity contribution in [3.05, 3.63) is 48.0 Å². The molecular formula is C13H15NO2. The van der Waals surface area contributed by atoms with Crippen molar-refractivity contribution in [2.75, 3.05) is 13.2 Å². The number of cyclic esters (lactones) is 1. The lowest BCUT2D eigenvalue weighted by Gasteiger charge is -2.19. The molecule has 2 rings (SSSR count). The zero-order valence-corrected chi connectivity index (χ0v) is 9.30. The van der Waals surface area contributed by atoms with Gasteiger partial charge in [0.15, 0.2) is 0 Å². The second-order valence-corrected chi connectivity index (χ2v) is 3.72. The highest BCUT2D eigenvalue weighted by Gasteiger charge is 2.32. The van der Waals surface area contributed by atoms with Gasteiger partial charge in [0, 0.05) is 6.54 Å². The summed E-state index contributed by atoms with van der Waals surface area (Å²) in [7, 11) is 0. The zero-order chi connectivity index (χ0) is 11.4. The number of benzene rings is 1. The van der Waals surface area contributed by atoms with E-state index in [0.29, 0.717) is 13.2 Å². The summed E-state index contributed by atoms with van der Waals surface area (Å²) in [4.78, 5) is 13.3. The zero-order valence-electron chi connectivity index (χ0n) is 9.30. The molecule has 0 bridgehead atoms. The molecule has 0 N–H and O–H groups in total. The molecule has 0 aromatic heterocycles. The lowest BCUT2D eigenvalue weighted by molar-refractivity contribution is 0.160. The van der Waals surface area contributed by atoms with Crippen molar-refractivity contribution in [3.8, 4) is 0 Å². The van der Waals surface area contributed by atoms with E-state index in [1.54, 1.807) is 4.90 Å². The Balaban J connectivity index is 2.17. The Bertz CT molecular complexity index is 386. The van der Waals surface area contributed by atoms with Crippen LogP contribution in [0.3, 0.4) is 0 Å². The van der Waals surface area contributed by atoms with Crippen LogP contribution in [0.4, 0.5) is 4.79 Å². The summed E-state index contributed by atoms with van der Waals surface area (Å²) < 4.78 is 5.08. The summed E-state index contributed by atoms with van der Waals surface area (Å²) in [6, 6.07) is 10.0. The highest BCUT2D eigenvalue weighted by molar-refractivity contribution is 5.70. The number of hydrogen-bond donors (Lipinski definition) is 0. The summed E-state index contributed by atoms with van der Waals surface area (Å²) >= 11 is 0. The van der Waals surface area contributed by atoms with Crippen LogP contribution in [0, 0.1) is 0 Å². The van der Waals surface area contributed by atoms with Crippen molar-refractivity contribution in [2.45, 2.75) is 13.0 Å². The van der Waals surface area contributed by atoms with Crippen LogP contribution < -0.4 is 0 Å². The molecule has 1 aliphatic heterocycles. The van der Waals surface area contributed by atoms with Crippen LogP contribution >= 0.6 is 0 Å².